The van der Waals surface area contributed by atoms with Crippen LogP contribution in [0.4, 0.5) is 0 Å². The number of amides is 2. The average Bonchev–Trinajstić information content (AvgIpc) is 2.82. The maximum absolute atomic E-state index is 12.5. The smallest absolute Gasteiger partial charge is 0.243 e. The van der Waals surface area contributed by atoms with Crippen LogP contribution in [0, 0.1) is 0 Å². The van der Waals surface area contributed by atoms with E-state index in [1.807, 2.05) is 42.5 Å². The van der Waals surface area contributed by atoms with Gasteiger partial charge in [0, 0.05) is 19.6 Å². The lowest BCUT2D eigenvalue weighted by Crippen LogP contribution is -2.37. The minimum Gasteiger partial charge on any atom is -0.350 e. The summed E-state index contributed by atoms with van der Waals surface area (Å²) in [5, 5.41) is 7.47. The van der Waals surface area contributed by atoms with Crippen molar-refractivity contribution in [2.24, 2.45) is 0 Å². The molecule has 2 amide bonds. The van der Waals surface area contributed by atoms with E-state index in [1.165, 1.54) is 4.31 Å². The van der Waals surface area contributed by atoms with Crippen molar-refractivity contribution in [1.29, 1.82) is 0 Å². The summed E-state index contributed by atoms with van der Waals surface area (Å²) in [7, 11) is -3.51. The molecule has 0 atom stereocenters. The molecule has 174 valence electrons. The number of fused-ring (bicyclic) bond motifs is 1. The third-order valence-electron chi connectivity index (χ3n) is 5.43. The molecule has 0 aliphatic carbocycles. The normalized spacial score (nSPS) is 11.5. The Kier molecular flexibility index (Phi) is 8.19. The molecule has 0 heterocycles. The van der Waals surface area contributed by atoms with Gasteiger partial charge in [-0.25, -0.2) is 8.42 Å². The summed E-state index contributed by atoms with van der Waals surface area (Å²) in [4.78, 5) is 24.7. The molecule has 2 N–H and O–H groups in total. The number of hydrogen-bond acceptors (Lipinski definition) is 4. The summed E-state index contributed by atoms with van der Waals surface area (Å²) in [6.45, 7) is 4.52. The van der Waals surface area contributed by atoms with Crippen LogP contribution in [-0.2, 0) is 32.6 Å². The van der Waals surface area contributed by atoms with E-state index in [1.54, 1.807) is 38.1 Å². The first-order valence-electron chi connectivity index (χ1n) is 10.9. The lowest BCUT2D eigenvalue weighted by Gasteiger charge is -2.18. The van der Waals surface area contributed by atoms with Crippen molar-refractivity contribution < 1.29 is 18.0 Å². The zero-order valence-electron chi connectivity index (χ0n) is 18.9. The molecule has 0 radical (unpaired) electrons. The molecule has 0 aliphatic rings. The highest BCUT2D eigenvalue weighted by Crippen LogP contribution is 2.19. The van der Waals surface area contributed by atoms with Gasteiger partial charge in [0.05, 0.1) is 17.9 Å². The molecular formula is C25H29N3O4S. The highest BCUT2D eigenvalue weighted by atomic mass is 32.2. The number of carbonyl (C=O) groups excluding carboxylic acids is 2. The van der Waals surface area contributed by atoms with Crippen LogP contribution < -0.4 is 10.6 Å². The minimum absolute atomic E-state index is 0.127. The fourth-order valence-corrected chi connectivity index (χ4v) is 5.07. The Bertz CT molecular complexity index is 1210. The van der Waals surface area contributed by atoms with Crippen molar-refractivity contribution in [2.45, 2.75) is 31.7 Å². The zero-order chi connectivity index (χ0) is 23.8. The van der Waals surface area contributed by atoms with Crippen molar-refractivity contribution in [2.75, 3.05) is 19.6 Å². The fraction of sp³-hybridized carbons (Fsp3) is 0.280. The first kappa shape index (κ1) is 24.4. The Balaban J connectivity index is 1.49. The van der Waals surface area contributed by atoms with Gasteiger partial charge in [-0.3, -0.25) is 9.59 Å². The second kappa shape index (κ2) is 11.1. The first-order valence-corrected chi connectivity index (χ1v) is 12.4. The number of sulfonamides is 1. The molecule has 0 saturated carbocycles. The third kappa shape index (κ3) is 6.18. The van der Waals surface area contributed by atoms with Gasteiger partial charge >= 0.3 is 0 Å². The van der Waals surface area contributed by atoms with Crippen molar-refractivity contribution in [1.82, 2.24) is 14.9 Å². The molecule has 0 aromatic heterocycles. The summed E-state index contributed by atoms with van der Waals surface area (Å²) >= 11 is 0. The summed E-state index contributed by atoms with van der Waals surface area (Å²) in [5.74, 6) is -0.548. The van der Waals surface area contributed by atoms with E-state index in [9.17, 15) is 18.0 Å². The van der Waals surface area contributed by atoms with Crippen molar-refractivity contribution in [3.05, 3.63) is 77.9 Å². The molecule has 7 nitrogen and oxygen atoms in total. The first-order chi connectivity index (χ1) is 15.8. The molecule has 8 heteroatoms. The Labute approximate surface area is 194 Å². The Hall–Kier alpha value is -3.23. The molecule has 3 aromatic carbocycles. The summed E-state index contributed by atoms with van der Waals surface area (Å²) < 4.78 is 26.5. The van der Waals surface area contributed by atoms with Crippen LogP contribution in [0.3, 0.4) is 0 Å². The molecule has 0 unspecified atom stereocenters. The van der Waals surface area contributed by atoms with Gasteiger partial charge < -0.3 is 10.6 Å². The number of hydrogen-bond donors (Lipinski definition) is 2. The quantitative estimate of drug-likeness (QED) is 0.479. The van der Waals surface area contributed by atoms with E-state index in [-0.39, 0.29) is 36.2 Å². The maximum atomic E-state index is 12.5. The van der Waals surface area contributed by atoms with Gasteiger partial charge in [-0.15, -0.1) is 0 Å². The predicted molar refractivity (Wildman–Crippen MR) is 129 cm³/mol. The molecule has 0 bridgehead atoms. The second-order valence-corrected chi connectivity index (χ2v) is 9.54. The van der Waals surface area contributed by atoms with Gasteiger partial charge in [-0.2, -0.15) is 4.31 Å². The highest BCUT2D eigenvalue weighted by molar-refractivity contribution is 7.89. The van der Waals surface area contributed by atoms with Crippen LogP contribution in [0.1, 0.15) is 25.0 Å². The minimum atomic E-state index is -3.51. The fourth-order valence-electron chi connectivity index (χ4n) is 3.62. The molecule has 33 heavy (non-hydrogen) atoms. The number of carbonyl (C=O) groups is 2. The van der Waals surface area contributed by atoms with Gasteiger partial charge in [0.25, 0.3) is 0 Å². The summed E-state index contributed by atoms with van der Waals surface area (Å²) in [6, 6.07) is 20.1. The van der Waals surface area contributed by atoms with Gasteiger partial charge in [0.15, 0.2) is 0 Å². The molecule has 3 rings (SSSR count). The standard InChI is InChI=1S/C25H29N3O4S/c1-3-28(4-2)33(31,32)22-14-12-19(13-15-22)17-26-25(30)18-27-24(29)16-21-10-7-9-20-8-5-6-11-23(20)21/h5-15H,3-4,16-18H2,1-2H3,(H,26,30)(H,27,29). The van der Waals surface area contributed by atoms with Crippen molar-refractivity contribution >= 4 is 32.6 Å². The SMILES string of the molecule is CCN(CC)S(=O)(=O)c1ccc(CNC(=O)CNC(=O)Cc2cccc3ccccc23)cc1. The van der Waals surface area contributed by atoms with E-state index in [2.05, 4.69) is 10.6 Å². The number of nitrogens with one attached hydrogen (secondary N) is 2. The maximum Gasteiger partial charge on any atom is 0.243 e. The second-order valence-electron chi connectivity index (χ2n) is 7.60. The predicted octanol–water partition coefficient (Wildman–Crippen LogP) is 2.85. The van der Waals surface area contributed by atoms with E-state index in [4.69, 9.17) is 0 Å². The van der Waals surface area contributed by atoms with Crippen LogP contribution >= 0.6 is 0 Å². The monoisotopic (exact) mass is 467 g/mol. The van der Waals surface area contributed by atoms with Gasteiger partial charge in [-0.05, 0) is 34.0 Å². The molecule has 0 saturated heterocycles. The number of benzene rings is 3. The van der Waals surface area contributed by atoms with Crippen molar-refractivity contribution in [3.63, 3.8) is 0 Å². The van der Waals surface area contributed by atoms with E-state index >= 15 is 0 Å². The van der Waals surface area contributed by atoms with E-state index in [0.717, 1.165) is 21.9 Å². The zero-order valence-corrected chi connectivity index (χ0v) is 19.7. The Morgan fingerprint density at radius 2 is 1.48 bits per heavy atom. The molecular weight excluding hydrogens is 438 g/mol. The Morgan fingerprint density at radius 3 is 2.18 bits per heavy atom. The molecule has 3 aromatic rings. The average molecular weight is 468 g/mol. The Morgan fingerprint density at radius 1 is 0.818 bits per heavy atom. The van der Waals surface area contributed by atoms with Gasteiger partial charge in [0.2, 0.25) is 21.8 Å². The van der Waals surface area contributed by atoms with E-state index in [0.29, 0.717) is 13.1 Å². The third-order valence-corrected chi connectivity index (χ3v) is 7.50. The van der Waals surface area contributed by atoms with Gasteiger partial charge in [0.1, 0.15) is 0 Å². The summed E-state index contributed by atoms with van der Waals surface area (Å²) in [5.41, 5.74) is 1.68. The lowest BCUT2D eigenvalue weighted by atomic mass is 10.0. The van der Waals surface area contributed by atoms with Crippen LogP contribution in [0.25, 0.3) is 10.8 Å². The topological polar surface area (TPSA) is 95.6 Å². The van der Waals surface area contributed by atoms with Crippen molar-refractivity contribution in [3.8, 4) is 0 Å². The van der Waals surface area contributed by atoms with Crippen LogP contribution in [0.2, 0.25) is 0 Å². The number of nitrogens with zero attached hydrogens (tertiary/aromatic N) is 1. The summed E-state index contributed by atoms with van der Waals surface area (Å²) in [6.07, 6.45) is 0.192. The highest BCUT2D eigenvalue weighted by Gasteiger charge is 2.21. The van der Waals surface area contributed by atoms with Crippen LogP contribution in [-0.4, -0.2) is 44.2 Å². The lowest BCUT2D eigenvalue weighted by molar-refractivity contribution is -0.125. The van der Waals surface area contributed by atoms with Crippen LogP contribution in [0.15, 0.2) is 71.6 Å². The van der Waals surface area contributed by atoms with Gasteiger partial charge in [-0.1, -0.05) is 68.4 Å². The molecule has 0 spiro atoms. The molecule has 0 fully saturated rings. The largest absolute Gasteiger partial charge is 0.350 e. The van der Waals surface area contributed by atoms with Crippen LogP contribution in [0.5, 0.6) is 0 Å². The molecule has 0 aliphatic heterocycles. The number of rotatable bonds is 10. The van der Waals surface area contributed by atoms with E-state index < -0.39 is 10.0 Å².